The molecule has 0 spiro atoms. The lowest BCUT2D eigenvalue weighted by molar-refractivity contribution is -0.224. The molecule has 4 fully saturated rings. The summed E-state index contributed by atoms with van der Waals surface area (Å²) >= 11 is 2.26. The first-order chi connectivity index (χ1) is 27.7. The summed E-state index contributed by atoms with van der Waals surface area (Å²) < 4.78 is 26.4. The van der Waals surface area contributed by atoms with Crippen LogP contribution in [0.5, 0.6) is 0 Å². The molecule has 1 saturated carbocycles. The second kappa shape index (κ2) is 19.1. The molecule has 14 heteroatoms. The van der Waals surface area contributed by atoms with Crippen molar-refractivity contribution in [2.24, 2.45) is 5.41 Å². The van der Waals surface area contributed by atoms with Gasteiger partial charge in [0.2, 0.25) is 5.91 Å². The van der Waals surface area contributed by atoms with Crippen LogP contribution in [-0.4, -0.2) is 88.4 Å². The van der Waals surface area contributed by atoms with Crippen molar-refractivity contribution < 1.29 is 48.1 Å². The fraction of sp³-hybridized carbons (Fsp3) is 0.636. The summed E-state index contributed by atoms with van der Waals surface area (Å²) in [6.45, 7) is 9.64. The molecule has 3 N–H and O–H groups in total. The van der Waals surface area contributed by atoms with Crippen LogP contribution in [0.1, 0.15) is 127 Å². The number of aliphatic hydroxyl groups is 1. The number of hydrogen-bond donors (Lipinski definition) is 3. The lowest BCUT2D eigenvalue weighted by Gasteiger charge is -2.48. The number of ether oxygens (including phenoxy) is 4. The predicted molar refractivity (Wildman–Crippen MR) is 223 cm³/mol. The normalized spacial score (nSPS) is 26.4. The number of fused-ring (bicyclic) bond motifs is 4. The number of nitrogens with one attached hydrogen (secondary N) is 2. The van der Waals surface area contributed by atoms with E-state index in [-0.39, 0.29) is 44.9 Å². The fourth-order valence-electron chi connectivity index (χ4n) is 8.82. The lowest BCUT2D eigenvalue weighted by Crippen LogP contribution is -2.69. The Labute approximate surface area is 355 Å². The zero-order valence-corrected chi connectivity index (χ0v) is 36.6. The number of benzene rings is 2. The van der Waals surface area contributed by atoms with E-state index < -0.39 is 71.1 Å². The minimum Gasteiger partial charge on any atom is -0.460 e. The molecule has 0 unspecified atom stereocenters. The molecule has 3 saturated heterocycles. The van der Waals surface area contributed by atoms with Crippen molar-refractivity contribution in [2.75, 3.05) is 6.61 Å². The van der Waals surface area contributed by atoms with Gasteiger partial charge in [-0.25, -0.2) is 0 Å². The maximum atomic E-state index is 14.9. The van der Waals surface area contributed by atoms with E-state index >= 15 is 0 Å². The van der Waals surface area contributed by atoms with Gasteiger partial charge >= 0.3 is 11.9 Å². The molecule has 0 aromatic heterocycles. The molecule has 3 aliphatic heterocycles. The van der Waals surface area contributed by atoms with Crippen LogP contribution in [0.4, 0.5) is 0 Å². The van der Waals surface area contributed by atoms with Crippen LogP contribution in [0.25, 0.3) is 0 Å². The molecule has 4 aliphatic rings. The van der Waals surface area contributed by atoms with Crippen molar-refractivity contribution in [1.29, 1.82) is 0 Å². The molecular weight excluding hydrogens is 857 g/mol. The topological polar surface area (TPSA) is 162 Å². The van der Waals surface area contributed by atoms with Crippen molar-refractivity contribution in [3.8, 4) is 0 Å². The van der Waals surface area contributed by atoms with Crippen LogP contribution in [0, 0.1) is 8.99 Å². The smallest absolute Gasteiger partial charge is 0.327 e. The van der Waals surface area contributed by atoms with Gasteiger partial charge in [-0.3, -0.25) is 24.0 Å². The van der Waals surface area contributed by atoms with E-state index in [1.54, 1.807) is 50.1 Å². The summed E-state index contributed by atoms with van der Waals surface area (Å²) in [5.74, 6) is -2.59. The van der Waals surface area contributed by atoms with Gasteiger partial charge in [-0.15, -0.1) is 0 Å². The van der Waals surface area contributed by atoms with Crippen LogP contribution in [0.2, 0.25) is 0 Å². The van der Waals surface area contributed by atoms with Gasteiger partial charge in [0.05, 0.1) is 19.2 Å². The molecular formula is C44H60IN3O10. The van der Waals surface area contributed by atoms with Crippen LogP contribution in [0.15, 0.2) is 48.5 Å². The molecule has 2 aromatic rings. The molecule has 7 atom stereocenters. The highest BCUT2D eigenvalue weighted by atomic mass is 127. The molecule has 318 valence electrons. The van der Waals surface area contributed by atoms with Gasteiger partial charge in [-0.2, -0.15) is 5.06 Å². The summed E-state index contributed by atoms with van der Waals surface area (Å²) in [6.07, 6.45) is 5.13. The number of carbonyl (C=O) groups excluding carboxylic acids is 4. The number of amides is 2. The number of nitrogens with zero attached hydrogens (tertiary/aromatic N) is 1. The molecule has 58 heavy (non-hydrogen) atoms. The van der Waals surface area contributed by atoms with E-state index in [0.717, 1.165) is 47.7 Å². The van der Waals surface area contributed by atoms with Gasteiger partial charge < -0.3 is 34.7 Å². The van der Waals surface area contributed by atoms with E-state index in [2.05, 4.69) is 47.1 Å². The predicted octanol–water partition coefficient (Wildman–Crippen LogP) is 6.26. The Bertz CT molecular complexity index is 1780. The van der Waals surface area contributed by atoms with Gasteiger partial charge in [-0.05, 0) is 92.0 Å². The monoisotopic (exact) mass is 917 g/mol. The van der Waals surface area contributed by atoms with Crippen LogP contribution < -0.4 is 10.6 Å². The third-order valence-electron chi connectivity index (χ3n) is 11.6. The number of unbranched alkanes of at least 4 members (excludes halogenated alkanes) is 4. The SMILES string of the molecule is CCCCCC1(CCCCC)O[C@@H]2[C@H](O1)[C@H]1ON(Cc3ccccc3I)[C@@H]3C(=O)O[C@@H]2C[C@]13C(=O)NCc1cccc(C(=O)N[C@H](CO)CCC(=O)OC(C)(C)C)c1. The molecule has 13 nitrogen and oxygen atoms in total. The van der Waals surface area contributed by atoms with Crippen LogP contribution >= 0.6 is 22.6 Å². The first-order valence-electron chi connectivity index (χ1n) is 21.0. The van der Waals surface area contributed by atoms with Gasteiger partial charge in [0.15, 0.2) is 11.8 Å². The molecule has 0 radical (unpaired) electrons. The number of aliphatic hydroxyl groups excluding tert-OH is 1. The molecule has 6 rings (SSSR count). The summed E-state index contributed by atoms with van der Waals surface area (Å²) in [7, 11) is 0. The van der Waals surface area contributed by atoms with Gasteiger partial charge in [-0.1, -0.05) is 69.9 Å². The third kappa shape index (κ3) is 9.89. The molecule has 1 aliphatic carbocycles. The Kier molecular flexibility index (Phi) is 14.6. The van der Waals surface area contributed by atoms with E-state index in [1.807, 2.05) is 24.3 Å². The van der Waals surface area contributed by atoms with E-state index in [1.165, 1.54) is 0 Å². The minimum absolute atomic E-state index is 0.0379. The average Bonchev–Trinajstić information content (AvgIpc) is 3.74. The number of carbonyl (C=O) groups is 4. The molecule has 2 aromatic carbocycles. The Balaban J connectivity index is 1.22. The van der Waals surface area contributed by atoms with Crippen molar-refractivity contribution in [3.63, 3.8) is 0 Å². The molecule has 2 amide bonds. The summed E-state index contributed by atoms with van der Waals surface area (Å²) in [5.41, 5.74) is -0.0422. The van der Waals surface area contributed by atoms with Crippen molar-refractivity contribution in [1.82, 2.24) is 15.7 Å². The second-order valence-corrected chi connectivity index (χ2v) is 18.3. The third-order valence-corrected chi connectivity index (χ3v) is 12.6. The van der Waals surface area contributed by atoms with Gasteiger partial charge in [0.1, 0.15) is 35.4 Å². The largest absolute Gasteiger partial charge is 0.460 e. The number of rotatable bonds is 19. The lowest BCUT2D eigenvalue weighted by atomic mass is 9.62. The Morgan fingerprint density at radius 2 is 1.71 bits per heavy atom. The fourth-order valence-corrected chi connectivity index (χ4v) is 9.38. The first-order valence-corrected chi connectivity index (χ1v) is 22.0. The highest BCUT2D eigenvalue weighted by molar-refractivity contribution is 14.1. The van der Waals surface area contributed by atoms with Crippen LogP contribution in [-0.2, 0) is 51.3 Å². The van der Waals surface area contributed by atoms with Gasteiger partial charge in [0, 0.05) is 41.4 Å². The average molecular weight is 918 g/mol. The zero-order valence-electron chi connectivity index (χ0n) is 34.4. The number of halogens is 1. The van der Waals surface area contributed by atoms with Gasteiger partial charge in [0.25, 0.3) is 5.91 Å². The van der Waals surface area contributed by atoms with Crippen molar-refractivity contribution in [3.05, 3.63) is 68.8 Å². The maximum Gasteiger partial charge on any atom is 0.327 e. The number of esters is 2. The van der Waals surface area contributed by atoms with E-state index in [4.69, 9.17) is 23.8 Å². The molecule has 3 heterocycles. The standard InChI is InChI=1S/C44H60IN3O10/c1-6-8-12-21-43(22-13-9-7-2)56-35-33-24-44(37(40(52)54-33)48(58-38(44)36(35)57-43)26-30-16-10-11-18-32(30)45)41(53)46-25-28-15-14-17-29(23-28)39(51)47-31(27-49)19-20-34(50)55-42(3,4)5/h10-11,14-18,23,31,33,35-38,49H,6-9,12-13,19-22,24-27H2,1-5H3,(H,46,53)(H,47,51)/t31-,33+,35-,36-,37+,38+,44+/m0/s1. The second-order valence-electron chi connectivity index (χ2n) is 17.2. The van der Waals surface area contributed by atoms with E-state index in [0.29, 0.717) is 24.0 Å². The highest BCUT2D eigenvalue weighted by Crippen LogP contribution is 2.58. The zero-order chi connectivity index (χ0) is 41.7. The first kappa shape index (κ1) is 44.4. The Hall–Kier alpha value is -3.15. The van der Waals surface area contributed by atoms with Crippen molar-refractivity contribution >= 4 is 46.3 Å². The Morgan fingerprint density at radius 3 is 2.38 bits per heavy atom. The summed E-state index contributed by atoms with van der Waals surface area (Å²) in [5, 5.41) is 17.5. The number of hydrogen-bond acceptors (Lipinski definition) is 11. The minimum atomic E-state index is -1.34. The summed E-state index contributed by atoms with van der Waals surface area (Å²) in [6, 6.07) is 13.0. The molecule has 2 bridgehead atoms. The van der Waals surface area contributed by atoms with Crippen LogP contribution in [0.3, 0.4) is 0 Å². The quantitative estimate of drug-likeness (QED) is 0.0829. The Morgan fingerprint density at radius 1 is 1.00 bits per heavy atom. The van der Waals surface area contributed by atoms with Crippen molar-refractivity contribution in [2.45, 2.75) is 166 Å². The number of hydroxylamine groups is 2. The summed E-state index contributed by atoms with van der Waals surface area (Å²) in [4.78, 5) is 61.4. The maximum absolute atomic E-state index is 14.9. The van der Waals surface area contributed by atoms with E-state index in [9.17, 15) is 24.3 Å². The highest BCUT2D eigenvalue weighted by Gasteiger charge is 2.76.